The lowest BCUT2D eigenvalue weighted by Crippen LogP contribution is -2.48. The number of nitrogens with zero attached hydrogens (tertiary/aromatic N) is 2. The monoisotopic (exact) mass is 520 g/mol. The predicted molar refractivity (Wildman–Crippen MR) is 146 cm³/mol. The summed E-state index contributed by atoms with van der Waals surface area (Å²) in [5.74, 6) is -1.00. The average molecular weight is 521 g/mol. The molecule has 1 unspecified atom stereocenters. The lowest BCUT2D eigenvalue weighted by molar-refractivity contribution is -0.123. The van der Waals surface area contributed by atoms with Gasteiger partial charge in [0.15, 0.2) is 0 Å². The minimum absolute atomic E-state index is 0.167. The molecular weight excluding hydrogens is 495 g/mol. The molecule has 4 aromatic rings. The van der Waals surface area contributed by atoms with Crippen molar-refractivity contribution in [1.29, 1.82) is 0 Å². The minimum Gasteiger partial charge on any atom is -0.342 e. The third kappa shape index (κ3) is 5.96. The van der Waals surface area contributed by atoms with Gasteiger partial charge in [-0.05, 0) is 35.7 Å². The molecular formula is C28H26Cl2N4O2. The largest absolute Gasteiger partial charge is 0.342 e. The zero-order chi connectivity index (χ0) is 25.7. The van der Waals surface area contributed by atoms with Crippen molar-refractivity contribution in [1.82, 2.24) is 15.3 Å². The number of halogens is 2. The number of aromatic nitrogens is 1. The van der Waals surface area contributed by atoms with Crippen molar-refractivity contribution in [2.24, 2.45) is 11.0 Å². The fourth-order valence-electron chi connectivity index (χ4n) is 3.92. The van der Waals surface area contributed by atoms with Crippen LogP contribution in [0.1, 0.15) is 35.3 Å². The van der Waals surface area contributed by atoms with Crippen LogP contribution in [-0.4, -0.2) is 28.6 Å². The lowest BCUT2D eigenvalue weighted by atomic mass is 10.0. The van der Waals surface area contributed by atoms with Crippen LogP contribution in [0.15, 0.2) is 84.1 Å². The van der Waals surface area contributed by atoms with Gasteiger partial charge in [-0.15, -0.1) is 0 Å². The number of rotatable bonds is 8. The fraction of sp³-hybridized carbons (Fsp3) is 0.179. The van der Waals surface area contributed by atoms with Gasteiger partial charge in [0.2, 0.25) is 0 Å². The van der Waals surface area contributed by atoms with E-state index < -0.39 is 17.9 Å². The van der Waals surface area contributed by atoms with E-state index in [2.05, 4.69) is 38.6 Å². The Morgan fingerprint density at radius 3 is 2.42 bits per heavy atom. The molecule has 3 aromatic carbocycles. The van der Waals surface area contributed by atoms with E-state index in [0.717, 1.165) is 23.0 Å². The highest BCUT2D eigenvalue weighted by Gasteiger charge is 2.24. The van der Waals surface area contributed by atoms with Gasteiger partial charge < -0.3 is 9.88 Å². The maximum atomic E-state index is 12.9. The van der Waals surface area contributed by atoms with Gasteiger partial charge in [0.25, 0.3) is 11.8 Å². The summed E-state index contributed by atoms with van der Waals surface area (Å²) in [6, 6.07) is 22.0. The highest BCUT2D eigenvalue weighted by atomic mass is 35.5. The number of amides is 2. The summed E-state index contributed by atoms with van der Waals surface area (Å²) in [4.78, 5) is 25.6. The molecule has 1 atom stereocenters. The Hall–Kier alpha value is -3.61. The topological polar surface area (TPSA) is 75.5 Å². The Bertz CT molecular complexity index is 1410. The molecule has 1 aromatic heterocycles. The van der Waals surface area contributed by atoms with E-state index in [0.29, 0.717) is 10.6 Å². The fourth-order valence-corrected chi connectivity index (χ4v) is 4.22. The summed E-state index contributed by atoms with van der Waals surface area (Å²) in [5, 5.41) is 8.60. The van der Waals surface area contributed by atoms with Crippen molar-refractivity contribution in [2.75, 3.05) is 0 Å². The maximum absolute atomic E-state index is 12.9. The van der Waals surface area contributed by atoms with Crippen LogP contribution in [0.5, 0.6) is 0 Å². The second kappa shape index (κ2) is 11.4. The summed E-state index contributed by atoms with van der Waals surface area (Å²) >= 11 is 12.0. The summed E-state index contributed by atoms with van der Waals surface area (Å²) in [7, 11) is 0. The van der Waals surface area contributed by atoms with Crippen molar-refractivity contribution in [3.63, 3.8) is 0 Å². The average Bonchev–Trinajstić information content (AvgIpc) is 3.21. The predicted octanol–water partition coefficient (Wildman–Crippen LogP) is 5.90. The third-order valence-corrected chi connectivity index (χ3v) is 6.55. The molecule has 0 spiro atoms. The molecule has 2 amide bonds. The number of hydrogen-bond acceptors (Lipinski definition) is 3. The number of hydrazone groups is 1. The molecule has 0 fully saturated rings. The highest BCUT2D eigenvalue weighted by Crippen LogP contribution is 2.23. The standard InChI is InChI=1S/C28H26Cl2N4O2/c1-18(2)26(32-27(35)20-12-13-23(29)24(30)14-20)28(36)33-31-15-21-17-34(16-19-8-4-3-5-9-19)25-11-7-6-10-22(21)25/h3-15,17-18,26H,16H2,1-2H3,(H,32,35)(H,33,36). The number of para-hydroxylation sites is 1. The zero-order valence-electron chi connectivity index (χ0n) is 19.9. The van der Waals surface area contributed by atoms with E-state index in [1.54, 1.807) is 18.3 Å². The lowest BCUT2D eigenvalue weighted by Gasteiger charge is -2.20. The van der Waals surface area contributed by atoms with Crippen LogP contribution in [0, 0.1) is 5.92 Å². The van der Waals surface area contributed by atoms with Gasteiger partial charge >= 0.3 is 0 Å². The number of carbonyl (C=O) groups excluding carboxylic acids is 2. The Balaban J connectivity index is 1.47. The van der Waals surface area contributed by atoms with Gasteiger partial charge in [-0.25, -0.2) is 5.43 Å². The third-order valence-electron chi connectivity index (χ3n) is 5.81. The number of hydrogen-bond donors (Lipinski definition) is 2. The maximum Gasteiger partial charge on any atom is 0.262 e. The second-order valence-corrected chi connectivity index (χ2v) is 9.59. The van der Waals surface area contributed by atoms with E-state index in [-0.39, 0.29) is 10.9 Å². The van der Waals surface area contributed by atoms with Gasteiger partial charge in [0.1, 0.15) is 6.04 Å². The van der Waals surface area contributed by atoms with Gasteiger partial charge in [-0.1, -0.05) is 85.6 Å². The van der Waals surface area contributed by atoms with E-state index in [4.69, 9.17) is 23.2 Å². The first-order valence-electron chi connectivity index (χ1n) is 11.5. The summed E-state index contributed by atoms with van der Waals surface area (Å²) < 4.78 is 2.15. The second-order valence-electron chi connectivity index (χ2n) is 8.77. The smallest absolute Gasteiger partial charge is 0.262 e. The molecule has 36 heavy (non-hydrogen) atoms. The van der Waals surface area contributed by atoms with Gasteiger partial charge in [-0.2, -0.15) is 5.10 Å². The number of carbonyl (C=O) groups is 2. The molecule has 0 aliphatic heterocycles. The van der Waals surface area contributed by atoms with Crippen molar-refractivity contribution in [3.8, 4) is 0 Å². The van der Waals surface area contributed by atoms with Crippen LogP contribution in [0.4, 0.5) is 0 Å². The van der Waals surface area contributed by atoms with Crippen LogP contribution >= 0.6 is 23.2 Å². The van der Waals surface area contributed by atoms with Crippen molar-refractivity contribution >= 4 is 52.1 Å². The molecule has 0 aliphatic carbocycles. The first-order chi connectivity index (χ1) is 17.3. The van der Waals surface area contributed by atoms with E-state index in [1.807, 2.05) is 56.4 Å². The molecule has 184 valence electrons. The number of fused-ring (bicyclic) bond motifs is 1. The summed E-state index contributed by atoms with van der Waals surface area (Å²) in [6.45, 7) is 4.41. The Labute approximate surface area is 219 Å². The number of benzene rings is 3. The molecule has 0 saturated heterocycles. The van der Waals surface area contributed by atoms with Gasteiger partial charge in [-0.3, -0.25) is 9.59 Å². The number of nitrogens with one attached hydrogen (secondary N) is 2. The molecule has 2 N–H and O–H groups in total. The minimum atomic E-state index is -0.788. The normalized spacial score (nSPS) is 12.2. The van der Waals surface area contributed by atoms with Crippen molar-refractivity contribution in [3.05, 3.63) is 106 Å². The molecule has 0 radical (unpaired) electrons. The quantitative estimate of drug-likeness (QED) is 0.224. The van der Waals surface area contributed by atoms with Gasteiger partial charge in [0, 0.05) is 34.8 Å². The van der Waals surface area contributed by atoms with Crippen LogP contribution in [-0.2, 0) is 11.3 Å². The molecule has 1 heterocycles. The molecule has 4 rings (SSSR count). The highest BCUT2D eigenvalue weighted by molar-refractivity contribution is 6.42. The first kappa shape index (κ1) is 25.5. The van der Waals surface area contributed by atoms with Crippen LogP contribution < -0.4 is 10.7 Å². The van der Waals surface area contributed by atoms with Crippen molar-refractivity contribution < 1.29 is 9.59 Å². The van der Waals surface area contributed by atoms with Crippen molar-refractivity contribution in [2.45, 2.75) is 26.4 Å². The SMILES string of the molecule is CC(C)C(NC(=O)c1ccc(Cl)c(Cl)c1)C(=O)NN=Cc1cn(Cc2ccccc2)c2ccccc12. The van der Waals surface area contributed by atoms with Crippen LogP contribution in [0.2, 0.25) is 10.0 Å². The summed E-state index contributed by atoms with van der Waals surface area (Å²) in [6.07, 6.45) is 3.64. The van der Waals surface area contributed by atoms with Crippen LogP contribution in [0.25, 0.3) is 10.9 Å². The molecule has 0 aliphatic rings. The molecule has 8 heteroatoms. The summed E-state index contributed by atoms with van der Waals surface area (Å²) in [5.41, 5.74) is 6.03. The Morgan fingerprint density at radius 2 is 1.69 bits per heavy atom. The molecule has 0 bridgehead atoms. The Morgan fingerprint density at radius 1 is 0.972 bits per heavy atom. The van der Waals surface area contributed by atoms with Crippen LogP contribution in [0.3, 0.4) is 0 Å². The van der Waals surface area contributed by atoms with E-state index >= 15 is 0 Å². The molecule has 6 nitrogen and oxygen atoms in total. The van der Waals surface area contributed by atoms with E-state index in [1.165, 1.54) is 11.6 Å². The van der Waals surface area contributed by atoms with E-state index in [9.17, 15) is 9.59 Å². The molecule has 0 saturated carbocycles. The van der Waals surface area contributed by atoms with Gasteiger partial charge in [0.05, 0.1) is 16.3 Å². The Kier molecular flexibility index (Phi) is 8.08. The zero-order valence-corrected chi connectivity index (χ0v) is 21.4. The first-order valence-corrected chi connectivity index (χ1v) is 12.3.